The van der Waals surface area contributed by atoms with Crippen molar-refractivity contribution in [3.63, 3.8) is 0 Å². The lowest BCUT2D eigenvalue weighted by Crippen LogP contribution is -2.40. The largest absolute Gasteiger partial charge is 0.465 e. The maximum absolute atomic E-state index is 13.5. The first-order valence-electron chi connectivity index (χ1n) is 5.69. The first-order valence-corrected chi connectivity index (χ1v) is 6.93. The average Bonchev–Trinajstić information content (AvgIpc) is 2.64. The first kappa shape index (κ1) is 13.5. The molecule has 1 heterocycles. The van der Waals surface area contributed by atoms with E-state index >= 15 is 0 Å². The van der Waals surface area contributed by atoms with Crippen LogP contribution in [0.5, 0.6) is 0 Å². The van der Waals surface area contributed by atoms with E-state index in [9.17, 15) is 9.18 Å². The molecule has 0 aromatic heterocycles. The first-order chi connectivity index (χ1) is 8.58. The van der Waals surface area contributed by atoms with Gasteiger partial charge >= 0.3 is 6.09 Å². The summed E-state index contributed by atoms with van der Waals surface area (Å²) in [5.41, 5.74) is 0.648. The van der Waals surface area contributed by atoms with Gasteiger partial charge in [0.25, 0.3) is 0 Å². The molecule has 2 rings (SSSR count). The highest BCUT2D eigenvalue weighted by Gasteiger charge is 2.33. The van der Waals surface area contributed by atoms with Crippen LogP contribution in [0.4, 0.5) is 9.18 Å². The maximum atomic E-state index is 13.5. The van der Waals surface area contributed by atoms with E-state index in [0.717, 1.165) is 13.0 Å². The number of hydrogen-bond donors (Lipinski definition) is 2. The molecule has 1 amide bonds. The van der Waals surface area contributed by atoms with E-state index in [4.69, 9.17) is 5.11 Å². The van der Waals surface area contributed by atoms with Crippen LogP contribution in [0.25, 0.3) is 0 Å². The Labute approximate surface area is 118 Å². The van der Waals surface area contributed by atoms with Crippen LogP contribution in [-0.2, 0) is 6.54 Å². The van der Waals surface area contributed by atoms with Crippen LogP contribution >= 0.6 is 22.6 Å². The number of alkyl halides is 1. The van der Waals surface area contributed by atoms with E-state index < -0.39 is 6.09 Å². The molecule has 0 radical (unpaired) electrons. The second-order valence-electron chi connectivity index (χ2n) is 4.28. The number of amides is 1. The lowest BCUT2D eigenvalue weighted by atomic mass is 10.2. The molecule has 1 fully saturated rings. The minimum absolute atomic E-state index is 0.0540. The summed E-state index contributed by atoms with van der Waals surface area (Å²) in [6.45, 7) is 1.28. The Bertz CT molecular complexity index is 444. The Kier molecular flexibility index (Phi) is 4.39. The second-order valence-corrected chi connectivity index (χ2v) is 5.56. The molecule has 1 aromatic carbocycles. The Morgan fingerprint density at radius 3 is 2.94 bits per heavy atom. The quantitative estimate of drug-likeness (QED) is 0.492. The monoisotopic (exact) mass is 364 g/mol. The highest BCUT2D eigenvalue weighted by atomic mass is 127. The van der Waals surface area contributed by atoms with Gasteiger partial charge in [-0.25, -0.2) is 9.18 Å². The van der Waals surface area contributed by atoms with Crippen molar-refractivity contribution in [2.24, 2.45) is 0 Å². The highest BCUT2D eigenvalue weighted by Crippen LogP contribution is 2.26. The number of carboxylic acid groups (broad SMARTS) is 1. The van der Waals surface area contributed by atoms with E-state index in [1.165, 1.54) is 6.07 Å². The Morgan fingerprint density at radius 2 is 2.28 bits per heavy atom. The third kappa shape index (κ3) is 3.11. The fourth-order valence-electron chi connectivity index (χ4n) is 2.13. The van der Waals surface area contributed by atoms with Gasteiger partial charge in [0.1, 0.15) is 5.82 Å². The third-order valence-electron chi connectivity index (χ3n) is 3.05. The van der Waals surface area contributed by atoms with Crippen molar-refractivity contribution in [2.75, 3.05) is 6.54 Å². The van der Waals surface area contributed by atoms with Crippen LogP contribution in [0, 0.1) is 5.82 Å². The van der Waals surface area contributed by atoms with Gasteiger partial charge in [-0.05, 0) is 12.5 Å². The molecule has 18 heavy (non-hydrogen) atoms. The molecule has 2 N–H and O–H groups in total. The molecule has 4 nitrogen and oxygen atoms in total. The molecule has 98 valence electrons. The van der Waals surface area contributed by atoms with Crippen molar-refractivity contribution in [2.45, 2.75) is 23.1 Å². The number of hydrogen-bond acceptors (Lipinski definition) is 2. The zero-order valence-electron chi connectivity index (χ0n) is 9.64. The SMILES string of the molecule is O=C(O)N[C@@H]1CCN(Cc2ccccc2F)C1I. The molecule has 1 saturated heterocycles. The molecule has 0 saturated carbocycles. The predicted molar refractivity (Wildman–Crippen MR) is 74.2 cm³/mol. The minimum atomic E-state index is -1.01. The number of likely N-dealkylation sites (tertiary alicyclic amines) is 1. The van der Waals surface area contributed by atoms with Crippen LogP contribution in [0.3, 0.4) is 0 Å². The standard InChI is InChI=1S/C12H14FIN2O2/c13-9-4-2-1-3-8(9)7-16-6-5-10(11(16)14)15-12(17)18/h1-4,10-11,15H,5-7H2,(H,17,18)/t10-,11?/m1/s1. The second kappa shape index (κ2) is 5.83. The zero-order valence-corrected chi connectivity index (χ0v) is 11.8. The van der Waals surface area contributed by atoms with Gasteiger partial charge in [-0.15, -0.1) is 0 Å². The summed E-state index contributed by atoms with van der Waals surface area (Å²) < 4.78 is 13.6. The lowest BCUT2D eigenvalue weighted by molar-refractivity contribution is 0.188. The summed E-state index contributed by atoms with van der Waals surface area (Å²) in [5, 5.41) is 11.2. The van der Waals surface area contributed by atoms with Gasteiger partial charge < -0.3 is 10.4 Å². The molecule has 1 aliphatic rings. The molecule has 1 aliphatic heterocycles. The predicted octanol–water partition coefficient (Wildman–Crippen LogP) is 2.43. The van der Waals surface area contributed by atoms with E-state index in [-0.39, 0.29) is 15.9 Å². The normalized spacial score (nSPS) is 24.1. The van der Waals surface area contributed by atoms with Crippen molar-refractivity contribution in [3.05, 3.63) is 35.6 Å². The summed E-state index contributed by atoms with van der Waals surface area (Å²) in [7, 11) is 0. The highest BCUT2D eigenvalue weighted by molar-refractivity contribution is 14.1. The molecule has 0 aliphatic carbocycles. The van der Waals surface area contributed by atoms with Crippen LogP contribution in [0.1, 0.15) is 12.0 Å². The van der Waals surface area contributed by atoms with Crippen molar-refractivity contribution in [3.8, 4) is 0 Å². The Morgan fingerprint density at radius 1 is 1.56 bits per heavy atom. The lowest BCUT2D eigenvalue weighted by Gasteiger charge is -2.23. The van der Waals surface area contributed by atoms with Crippen molar-refractivity contribution in [1.82, 2.24) is 10.2 Å². The van der Waals surface area contributed by atoms with E-state index in [1.807, 2.05) is 6.07 Å². The smallest absolute Gasteiger partial charge is 0.404 e. The van der Waals surface area contributed by atoms with Crippen LogP contribution in [0.15, 0.2) is 24.3 Å². The van der Waals surface area contributed by atoms with E-state index in [0.29, 0.717) is 12.1 Å². The maximum Gasteiger partial charge on any atom is 0.404 e. The summed E-state index contributed by atoms with van der Waals surface area (Å²) in [5.74, 6) is -0.212. The Hall–Kier alpha value is -0.890. The average molecular weight is 364 g/mol. The van der Waals surface area contributed by atoms with E-state index in [1.54, 1.807) is 12.1 Å². The van der Waals surface area contributed by atoms with Crippen molar-refractivity contribution < 1.29 is 14.3 Å². The van der Waals surface area contributed by atoms with Gasteiger partial charge in [0.2, 0.25) is 0 Å². The van der Waals surface area contributed by atoms with Gasteiger partial charge in [-0.2, -0.15) is 0 Å². The van der Waals surface area contributed by atoms with Crippen molar-refractivity contribution in [1.29, 1.82) is 0 Å². The number of nitrogens with one attached hydrogen (secondary N) is 1. The molecule has 1 aromatic rings. The van der Waals surface area contributed by atoms with Gasteiger partial charge in [0.05, 0.1) is 10.1 Å². The van der Waals surface area contributed by atoms with Crippen LogP contribution < -0.4 is 5.32 Å². The molecule has 0 spiro atoms. The number of rotatable bonds is 3. The summed E-state index contributed by atoms with van der Waals surface area (Å²) in [4.78, 5) is 12.7. The van der Waals surface area contributed by atoms with Crippen LogP contribution in [0.2, 0.25) is 0 Å². The summed E-state index contributed by atoms with van der Waals surface area (Å²) in [6, 6.07) is 6.59. The van der Waals surface area contributed by atoms with Gasteiger partial charge in [-0.1, -0.05) is 40.8 Å². The molecule has 0 bridgehead atoms. The molecule has 1 unspecified atom stereocenters. The number of benzene rings is 1. The topological polar surface area (TPSA) is 52.6 Å². The summed E-state index contributed by atoms with van der Waals surface area (Å²) in [6.07, 6.45) is -0.247. The zero-order chi connectivity index (χ0) is 13.1. The van der Waals surface area contributed by atoms with E-state index in [2.05, 4.69) is 32.8 Å². The number of carbonyl (C=O) groups is 1. The number of halogens is 2. The molecule has 6 heteroatoms. The number of nitrogens with zero attached hydrogens (tertiary/aromatic N) is 1. The summed E-state index contributed by atoms with van der Waals surface area (Å²) >= 11 is 2.21. The molecular formula is C12H14FIN2O2. The van der Waals surface area contributed by atoms with Gasteiger partial charge in [0, 0.05) is 18.7 Å². The van der Waals surface area contributed by atoms with Crippen LogP contribution in [-0.4, -0.2) is 32.7 Å². The minimum Gasteiger partial charge on any atom is -0.465 e. The molecular weight excluding hydrogens is 350 g/mol. The van der Waals surface area contributed by atoms with Gasteiger partial charge in [-0.3, -0.25) is 4.90 Å². The Balaban J connectivity index is 2.00. The molecule has 2 atom stereocenters. The fourth-order valence-corrected chi connectivity index (χ4v) is 3.15. The van der Waals surface area contributed by atoms with Gasteiger partial charge in [0.15, 0.2) is 0 Å². The van der Waals surface area contributed by atoms with Crippen molar-refractivity contribution >= 4 is 28.7 Å². The third-order valence-corrected chi connectivity index (χ3v) is 4.70. The fraction of sp³-hybridized carbons (Fsp3) is 0.417.